The van der Waals surface area contributed by atoms with E-state index in [1.807, 2.05) is 0 Å². The van der Waals surface area contributed by atoms with Crippen molar-refractivity contribution < 1.29 is 4.74 Å². The standard InChI is InChI=1S/C8H15NO/c1-6-5-10-7(9-6)8(2,3)4/h7,9H,1,5H2,2-4H3. The molecule has 2 heteroatoms. The van der Waals surface area contributed by atoms with E-state index in [0.29, 0.717) is 6.61 Å². The molecule has 1 fully saturated rings. The van der Waals surface area contributed by atoms with Gasteiger partial charge in [0.2, 0.25) is 0 Å². The molecular formula is C8H15NO. The topological polar surface area (TPSA) is 21.3 Å². The fourth-order valence-corrected chi connectivity index (χ4v) is 0.919. The molecule has 0 spiro atoms. The molecule has 1 saturated heterocycles. The van der Waals surface area contributed by atoms with Crippen LogP contribution in [0, 0.1) is 5.41 Å². The van der Waals surface area contributed by atoms with E-state index in [1.54, 1.807) is 0 Å². The third kappa shape index (κ3) is 1.51. The van der Waals surface area contributed by atoms with Crippen molar-refractivity contribution in [2.45, 2.75) is 27.0 Å². The van der Waals surface area contributed by atoms with Crippen molar-refractivity contribution in [3.8, 4) is 0 Å². The average molecular weight is 141 g/mol. The third-order valence-electron chi connectivity index (χ3n) is 1.55. The van der Waals surface area contributed by atoms with Gasteiger partial charge in [-0.2, -0.15) is 0 Å². The minimum Gasteiger partial charge on any atom is -0.362 e. The largest absolute Gasteiger partial charge is 0.362 e. The Morgan fingerprint density at radius 2 is 2.20 bits per heavy atom. The van der Waals surface area contributed by atoms with Crippen LogP contribution in [0.4, 0.5) is 0 Å². The van der Waals surface area contributed by atoms with Crippen LogP contribution in [0.2, 0.25) is 0 Å². The molecular weight excluding hydrogens is 126 g/mol. The van der Waals surface area contributed by atoms with E-state index in [9.17, 15) is 0 Å². The normalized spacial score (nSPS) is 26.7. The van der Waals surface area contributed by atoms with Gasteiger partial charge in [-0.05, 0) is 0 Å². The van der Waals surface area contributed by atoms with Crippen LogP contribution in [-0.4, -0.2) is 12.8 Å². The van der Waals surface area contributed by atoms with Gasteiger partial charge in [0.1, 0.15) is 6.23 Å². The lowest BCUT2D eigenvalue weighted by Gasteiger charge is -2.25. The van der Waals surface area contributed by atoms with Gasteiger partial charge in [0.05, 0.1) is 6.61 Å². The molecule has 0 saturated carbocycles. The zero-order valence-corrected chi connectivity index (χ0v) is 6.90. The van der Waals surface area contributed by atoms with Gasteiger partial charge >= 0.3 is 0 Å². The first-order valence-electron chi connectivity index (χ1n) is 3.56. The first-order chi connectivity index (χ1) is 4.50. The highest BCUT2D eigenvalue weighted by molar-refractivity contribution is 4.99. The van der Waals surface area contributed by atoms with Crippen LogP contribution >= 0.6 is 0 Å². The van der Waals surface area contributed by atoms with Crippen molar-refractivity contribution in [3.05, 3.63) is 12.3 Å². The molecule has 0 radical (unpaired) electrons. The summed E-state index contributed by atoms with van der Waals surface area (Å²) in [4.78, 5) is 0. The minimum atomic E-state index is 0.139. The van der Waals surface area contributed by atoms with Crippen molar-refractivity contribution in [2.75, 3.05) is 6.61 Å². The monoisotopic (exact) mass is 141 g/mol. The van der Waals surface area contributed by atoms with Gasteiger partial charge in [-0.1, -0.05) is 27.4 Å². The summed E-state index contributed by atoms with van der Waals surface area (Å²) < 4.78 is 5.42. The van der Waals surface area contributed by atoms with Crippen LogP contribution in [-0.2, 0) is 4.74 Å². The molecule has 1 aliphatic heterocycles. The van der Waals surface area contributed by atoms with Gasteiger partial charge in [0.15, 0.2) is 0 Å². The number of hydrogen-bond donors (Lipinski definition) is 1. The van der Waals surface area contributed by atoms with Gasteiger partial charge < -0.3 is 10.1 Å². The molecule has 1 atom stereocenters. The van der Waals surface area contributed by atoms with Crippen molar-refractivity contribution in [2.24, 2.45) is 5.41 Å². The van der Waals surface area contributed by atoms with Crippen molar-refractivity contribution in [3.63, 3.8) is 0 Å². The minimum absolute atomic E-state index is 0.139. The van der Waals surface area contributed by atoms with Crippen LogP contribution in [0.3, 0.4) is 0 Å². The van der Waals surface area contributed by atoms with Crippen LogP contribution in [0.5, 0.6) is 0 Å². The van der Waals surface area contributed by atoms with E-state index in [4.69, 9.17) is 4.74 Å². The first-order valence-corrected chi connectivity index (χ1v) is 3.56. The summed E-state index contributed by atoms with van der Waals surface area (Å²) >= 11 is 0. The predicted molar refractivity (Wildman–Crippen MR) is 41.5 cm³/mol. The summed E-state index contributed by atoms with van der Waals surface area (Å²) in [6, 6.07) is 0. The number of ether oxygens (including phenoxy) is 1. The molecule has 1 rings (SSSR count). The number of nitrogens with one attached hydrogen (secondary N) is 1. The lowest BCUT2D eigenvalue weighted by molar-refractivity contribution is 0.0175. The van der Waals surface area contributed by atoms with Crippen molar-refractivity contribution in [1.29, 1.82) is 0 Å². The van der Waals surface area contributed by atoms with Crippen molar-refractivity contribution in [1.82, 2.24) is 5.32 Å². The second-order valence-corrected chi connectivity index (χ2v) is 3.80. The Kier molecular flexibility index (Phi) is 1.73. The second-order valence-electron chi connectivity index (χ2n) is 3.80. The molecule has 0 aromatic carbocycles. The van der Waals surface area contributed by atoms with E-state index in [1.165, 1.54) is 0 Å². The summed E-state index contributed by atoms with van der Waals surface area (Å²) in [6.45, 7) is 10.9. The van der Waals surface area contributed by atoms with Crippen LogP contribution < -0.4 is 5.32 Å². The highest BCUT2D eigenvalue weighted by Crippen LogP contribution is 2.24. The van der Waals surface area contributed by atoms with Gasteiger partial charge in [-0.25, -0.2) is 0 Å². The lowest BCUT2D eigenvalue weighted by atomic mass is 9.94. The molecule has 58 valence electrons. The van der Waals surface area contributed by atoms with Gasteiger partial charge in [-0.3, -0.25) is 0 Å². The van der Waals surface area contributed by atoms with Crippen LogP contribution in [0.25, 0.3) is 0 Å². The summed E-state index contributed by atoms with van der Waals surface area (Å²) in [6.07, 6.45) is 0.139. The summed E-state index contributed by atoms with van der Waals surface area (Å²) in [7, 11) is 0. The maximum absolute atomic E-state index is 5.42. The fourth-order valence-electron chi connectivity index (χ4n) is 0.919. The molecule has 1 N–H and O–H groups in total. The predicted octanol–water partition coefficient (Wildman–Crippen LogP) is 1.49. The van der Waals surface area contributed by atoms with Gasteiger partial charge in [0.25, 0.3) is 0 Å². The first kappa shape index (κ1) is 7.61. The maximum atomic E-state index is 5.42. The Morgan fingerprint density at radius 3 is 2.40 bits per heavy atom. The summed E-state index contributed by atoms with van der Waals surface area (Å²) in [5, 5.41) is 3.18. The Morgan fingerprint density at radius 1 is 1.60 bits per heavy atom. The molecule has 0 aromatic heterocycles. The van der Waals surface area contributed by atoms with E-state index in [2.05, 4.69) is 32.7 Å². The Hall–Kier alpha value is -0.500. The van der Waals surface area contributed by atoms with Crippen molar-refractivity contribution >= 4 is 0 Å². The van der Waals surface area contributed by atoms with E-state index in [0.717, 1.165) is 5.70 Å². The van der Waals surface area contributed by atoms with E-state index >= 15 is 0 Å². The molecule has 0 aromatic rings. The van der Waals surface area contributed by atoms with Gasteiger partial charge in [0, 0.05) is 11.1 Å². The SMILES string of the molecule is C=C1COC(C(C)(C)C)N1. The lowest BCUT2D eigenvalue weighted by Crippen LogP contribution is -2.35. The molecule has 2 nitrogen and oxygen atoms in total. The quantitative estimate of drug-likeness (QED) is 0.552. The van der Waals surface area contributed by atoms with Crippen LogP contribution in [0.1, 0.15) is 20.8 Å². The second kappa shape index (κ2) is 2.27. The summed E-state index contributed by atoms with van der Waals surface area (Å²) in [5.74, 6) is 0. The Bertz CT molecular complexity index is 146. The van der Waals surface area contributed by atoms with E-state index < -0.39 is 0 Å². The molecule has 0 bridgehead atoms. The smallest absolute Gasteiger partial charge is 0.132 e. The Balaban J connectivity index is 2.53. The van der Waals surface area contributed by atoms with Gasteiger partial charge in [-0.15, -0.1) is 0 Å². The number of hydrogen-bond acceptors (Lipinski definition) is 2. The summed E-state index contributed by atoms with van der Waals surface area (Å²) in [5.41, 5.74) is 1.15. The number of rotatable bonds is 0. The molecule has 10 heavy (non-hydrogen) atoms. The molecule has 1 aliphatic rings. The van der Waals surface area contributed by atoms with E-state index in [-0.39, 0.29) is 11.6 Å². The highest BCUT2D eigenvalue weighted by atomic mass is 16.5. The third-order valence-corrected chi connectivity index (χ3v) is 1.55. The Labute approximate surface area is 62.3 Å². The molecule has 1 heterocycles. The highest BCUT2D eigenvalue weighted by Gasteiger charge is 2.29. The zero-order valence-electron chi connectivity index (χ0n) is 6.90. The average Bonchev–Trinajstić information content (AvgIpc) is 2.11. The van der Waals surface area contributed by atoms with Crippen LogP contribution in [0.15, 0.2) is 12.3 Å². The zero-order chi connectivity index (χ0) is 7.78. The fraction of sp³-hybridized carbons (Fsp3) is 0.750. The molecule has 0 amide bonds. The molecule has 0 aliphatic carbocycles. The maximum Gasteiger partial charge on any atom is 0.132 e. The molecule has 1 unspecified atom stereocenters.